The Kier molecular flexibility index (Phi) is 7.92. The van der Waals surface area contributed by atoms with Crippen LogP contribution in [0.15, 0.2) is 30.3 Å². The van der Waals surface area contributed by atoms with E-state index in [1.54, 1.807) is 4.90 Å². The second kappa shape index (κ2) is 10.2. The van der Waals surface area contributed by atoms with E-state index in [2.05, 4.69) is 17.4 Å². The van der Waals surface area contributed by atoms with E-state index in [0.29, 0.717) is 12.5 Å². The lowest BCUT2D eigenvalue weighted by Gasteiger charge is -2.32. The zero-order valence-electron chi connectivity index (χ0n) is 15.1. The third kappa shape index (κ3) is 6.50. The molecule has 0 heterocycles. The average molecular weight is 346 g/mol. The Labute approximate surface area is 150 Å². The summed E-state index contributed by atoms with van der Waals surface area (Å²) in [5.74, 6) is -0.526. The molecule has 1 aliphatic rings. The van der Waals surface area contributed by atoms with Crippen molar-refractivity contribution in [1.29, 1.82) is 0 Å². The van der Waals surface area contributed by atoms with Gasteiger partial charge in [0, 0.05) is 0 Å². The van der Waals surface area contributed by atoms with Crippen LogP contribution in [0.4, 0.5) is 0 Å². The van der Waals surface area contributed by atoms with Crippen molar-refractivity contribution >= 4 is 11.9 Å². The minimum absolute atomic E-state index is 0.0160. The topological polar surface area (TPSA) is 69.6 Å². The molecule has 2 N–H and O–H groups in total. The van der Waals surface area contributed by atoms with Crippen LogP contribution in [0.3, 0.4) is 0 Å². The first-order chi connectivity index (χ1) is 12.1. The van der Waals surface area contributed by atoms with Gasteiger partial charge >= 0.3 is 5.97 Å². The van der Waals surface area contributed by atoms with Crippen molar-refractivity contribution < 1.29 is 14.7 Å². The largest absolute Gasteiger partial charge is 0.480 e. The normalized spacial score (nSPS) is 16.6. The van der Waals surface area contributed by atoms with Crippen molar-refractivity contribution in [3.05, 3.63) is 35.9 Å². The van der Waals surface area contributed by atoms with E-state index < -0.39 is 5.97 Å². The highest BCUT2D eigenvalue weighted by Gasteiger charge is 2.27. The van der Waals surface area contributed by atoms with Crippen LogP contribution in [0, 0.1) is 5.92 Å². The molecule has 138 valence electrons. The van der Waals surface area contributed by atoms with E-state index in [-0.39, 0.29) is 25.0 Å². The molecule has 0 saturated heterocycles. The van der Waals surface area contributed by atoms with Gasteiger partial charge in [-0.1, -0.05) is 56.5 Å². The lowest BCUT2D eigenvalue weighted by molar-refractivity contribution is -0.138. The SMILES string of the molecule is CCCN(CC(=O)O)CC(=O)NC(c1ccccc1)C1CCCCC1. The molecule has 0 aliphatic heterocycles. The Morgan fingerprint density at radius 1 is 1.16 bits per heavy atom. The molecule has 5 heteroatoms. The molecule has 5 nitrogen and oxygen atoms in total. The van der Waals surface area contributed by atoms with Crippen LogP contribution < -0.4 is 5.32 Å². The number of hydrogen-bond donors (Lipinski definition) is 2. The van der Waals surface area contributed by atoms with Gasteiger partial charge in [0.05, 0.1) is 19.1 Å². The molecule has 1 amide bonds. The van der Waals surface area contributed by atoms with Crippen molar-refractivity contribution in [2.75, 3.05) is 19.6 Å². The van der Waals surface area contributed by atoms with Gasteiger partial charge in [-0.25, -0.2) is 0 Å². The molecule has 1 aliphatic carbocycles. The smallest absolute Gasteiger partial charge is 0.317 e. The van der Waals surface area contributed by atoms with Crippen LogP contribution in [0.1, 0.15) is 57.1 Å². The van der Waals surface area contributed by atoms with E-state index in [4.69, 9.17) is 5.11 Å². The van der Waals surface area contributed by atoms with Crippen LogP contribution in [-0.2, 0) is 9.59 Å². The van der Waals surface area contributed by atoms with Gasteiger partial charge in [0.1, 0.15) is 0 Å². The summed E-state index contributed by atoms with van der Waals surface area (Å²) in [6, 6.07) is 10.2. The van der Waals surface area contributed by atoms with Gasteiger partial charge in [0.15, 0.2) is 0 Å². The summed E-state index contributed by atoms with van der Waals surface area (Å²) in [6.45, 7) is 2.64. The van der Waals surface area contributed by atoms with E-state index in [9.17, 15) is 9.59 Å². The van der Waals surface area contributed by atoms with E-state index in [1.807, 2.05) is 25.1 Å². The molecule has 1 unspecified atom stereocenters. The first-order valence-corrected chi connectivity index (χ1v) is 9.38. The predicted molar refractivity (Wildman–Crippen MR) is 98.3 cm³/mol. The van der Waals surface area contributed by atoms with E-state index >= 15 is 0 Å². The summed E-state index contributed by atoms with van der Waals surface area (Å²) in [6.07, 6.45) is 6.79. The maximum absolute atomic E-state index is 12.6. The third-order valence-corrected chi connectivity index (χ3v) is 4.86. The Morgan fingerprint density at radius 3 is 2.44 bits per heavy atom. The van der Waals surface area contributed by atoms with Crippen molar-refractivity contribution in [2.45, 2.75) is 51.5 Å². The number of nitrogens with zero attached hydrogens (tertiary/aromatic N) is 1. The summed E-state index contributed by atoms with van der Waals surface area (Å²) in [4.78, 5) is 25.3. The summed E-state index contributed by atoms with van der Waals surface area (Å²) < 4.78 is 0. The van der Waals surface area contributed by atoms with Crippen molar-refractivity contribution in [3.8, 4) is 0 Å². The maximum Gasteiger partial charge on any atom is 0.317 e. The van der Waals surface area contributed by atoms with Crippen molar-refractivity contribution in [2.24, 2.45) is 5.92 Å². The van der Waals surface area contributed by atoms with Crippen LogP contribution in [-0.4, -0.2) is 41.5 Å². The first-order valence-electron chi connectivity index (χ1n) is 9.38. The fraction of sp³-hybridized carbons (Fsp3) is 0.600. The number of carbonyl (C=O) groups is 2. The fourth-order valence-corrected chi connectivity index (χ4v) is 3.74. The zero-order chi connectivity index (χ0) is 18.1. The van der Waals surface area contributed by atoms with Gasteiger partial charge in [-0.05, 0) is 37.3 Å². The molecule has 1 fully saturated rings. The molecule has 1 aromatic rings. The molecule has 1 aromatic carbocycles. The van der Waals surface area contributed by atoms with Crippen LogP contribution in [0.25, 0.3) is 0 Å². The molecular formula is C20H30N2O3. The minimum Gasteiger partial charge on any atom is -0.480 e. The third-order valence-electron chi connectivity index (χ3n) is 4.86. The Morgan fingerprint density at radius 2 is 1.84 bits per heavy atom. The zero-order valence-corrected chi connectivity index (χ0v) is 15.1. The Bertz CT molecular complexity index is 541. The summed E-state index contributed by atoms with van der Waals surface area (Å²) in [7, 11) is 0. The molecule has 2 rings (SSSR count). The number of benzene rings is 1. The maximum atomic E-state index is 12.6. The van der Waals surface area contributed by atoms with E-state index in [0.717, 1.165) is 24.8 Å². The molecule has 1 saturated carbocycles. The first kappa shape index (κ1) is 19.4. The average Bonchev–Trinajstić information content (AvgIpc) is 2.61. The van der Waals surface area contributed by atoms with Gasteiger partial charge in [-0.15, -0.1) is 0 Å². The van der Waals surface area contributed by atoms with Crippen LogP contribution >= 0.6 is 0 Å². The minimum atomic E-state index is -0.895. The van der Waals surface area contributed by atoms with Gasteiger partial charge < -0.3 is 10.4 Å². The molecule has 0 bridgehead atoms. The number of amides is 1. The lowest BCUT2D eigenvalue weighted by atomic mass is 9.81. The predicted octanol–water partition coefficient (Wildman–Crippen LogP) is 3.22. The number of nitrogens with one attached hydrogen (secondary N) is 1. The quantitative estimate of drug-likeness (QED) is 0.720. The summed E-state index contributed by atoms with van der Waals surface area (Å²) in [5, 5.41) is 12.2. The number of hydrogen-bond acceptors (Lipinski definition) is 3. The molecular weight excluding hydrogens is 316 g/mol. The summed E-state index contributed by atoms with van der Waals surface area (Å²) >= 11 is 0. The van der Waals surface area contributed by atoms with Crippen molar-refractivity contribution in [1.82, 2.24) is 10.2 Å². The molecule has 0 aromatic heterocycles. The number of rotatable bonds is 9. The number of carboxylic acids is 1. The van der Waals surface area contributed by atoms with Gasteiger partial charge in [-0.3, -0.25) is 14.5 Å². The Balaban J connectivity index is 2.04. The molecule has 0 radical (unpaired) electrons. The van der Waals surface area contributed by atoms with Gasteiger partial charge in [-0.2, -0.15) is 0 Å². The van der Waals surface area contributed by atoms with Crippen LogP contribution in [0.5, 0.6) is 0 Å². The van der Waals surface area contributed by atoms with E-state index in [1.165, 1.54) is 19.3 Å². The highest BCUT2D eigenvalue weighted by molar-refractivity contribution is 5.79. The van der Waals surface area contributed by atoms with Crippen molar-refractivity contribution in [3.63, 3.8) is 0 Å². The highest BCUT2D eigenvalue weighted by atomic mass is 16.4. The number of aliphatic carboxylic acids is 1. The van der Waals surface area contributed by atoms with Gasteiger partial charge in [0.2, 0.25) is 5.91 Å². The monoisotopic (exact) mass is 346 g/mol. The second-order valence-corrected chi connectivity index (χ2v) is 6.96. The van der Waals surface area contributed by atoms with Crippen LogP contribution in [0.2, 0.25) is 0 Å². The number of carboxylic acid groups (broad SMARTS) is 1. The lowest BCUT2D eigenvalue weighted by Crippen LogP contribution is -2.43. The fourth-order valence-electron chi connectivity index (χ4n) is 3.74. The molecule has 1 atom stereocenters. The number of carbonyl (C=O) groups excluding carboxylic acids is 1. The molecule has 0 spiro atoms. The molecule has 25 heavy (non-hydrogen) atoms. The second-order valence-electron chi connectivity index (χ2n) is 6.96. The highest BCUT2D eigenvalue weighted by Crippen LogP contribution is 2.34. The Hall–Kier alpha value is -1.88. The summed E-state index contributed by atoms with van der Waals surface area (Å²) in [5.41, 5.74) is 1.14. The standard InChI is InChI=1S/C20H30N2O3/c1-2-13-22(15-19(24)25)14-18(23)21-20(16-9-5-3-6-10-16)17-11-7-4-8-12-17/h3,5-6,9-10,17,20H,2,4,7-8,11-15H2,1H3,(H,21,23)(H,24,25). The van der Waals surface area contributed by atoms with Gasteiger partial charge in [0.25, 0.3) is 0 Å².